The number of amides is 1. The summed E-state index contributed by atoms with van der Waals surface area (Å²) in [5, 5.41) is 18.9. The van der Waals surface area contributed by atoms with Crippen molar-refractivity contribution in [2.45, 2.75) is 37.7 Å². The molecule has 1 amide bonds. The second kappa shape index (κ2) is 7.86. The maximum atomic E-state index is 12.6. The second-order valence-corrected chi connectivity index (χ2v) is 7.03. The van der Waals surface area contributed by atoms with Gasteiger partial charge in [0.15, 0.2) is 0 Å². The molecule has 0 spiro atoms. The van der Waals surface area contributed by atoms with E-state index in [9.17, 15) is 9.90 Å². The van der Waals surface area contributed by atoms with Crippen molar-refractivity contribution in [3.63, 3.8) is 0 Å². The van der Waals surface area contributed by atoms with Crippen molar-refractivity contribution < 1.29 is 14.6 Å². The first-order valence-corrected chi connectivity index (χ1v) is 8.95. The first kappa shape index (κ1) is 18.4. The van der Waals surface area contributed by atoms with E-state index in [0.717, 1.165) is 23.6 Å². The zero-order chi connectivity index (χ0) is 18.6. The lowest BCUT2D eigenvalue weighted by Gasteiger charge is -2.39. The molecule has 1 aromatic carbocycles. The van der Waals surface area contributed by atoms with Crippen molar-refractivity contribution in [3.05, 3.63) is 42.0 Å². The molecule has 2 aromatic rings. The van der Waals surface area contributed by atoms with E-state index in [1.54, 1.807) is 18.3 Å². The van der Waals surface area contributed by atoms with Crippen LogP contribution < -0.4 is 4.74 Å². The van der Waals surface area contributed by atoms with Crippen molar-refractivity contribution in [1.29, 1.82) is 0 Å². The molecule has 0 bridgehead atoms. The van der Waals surface area contributed by atoms with Crippen LogP contribution in [-0.4, -0.2) is 56.5 Å². The number of likely N-dealkylation sites (tertiary alicyclic amines) is 1. The number of rotatable bonds is 6. The number of aliphatic hydroxyl groups is 1. The minimum atomic E-state index is -0.936. The molecule has 1 unspecified atom stereocenters. The van der Waals surface area contributed by atoms with Crippen LogP contribution in [0.15, 0.2) is 30.6 Å². The fourth-order valence-corrected chi connectivity index (χ4v) is 3.43. The van der Waals surface area contributed by atoms with E-state index in [-0.39, 0.29) is 5.91 Å². The molecule has 1 saturated heterocycles. The molecule has 1 aliphatic heterocycles. The fourth-order valence-electron chi connectivity index (χ4n) is 3.43. The zero-order valence-electron chi connectivity index (χ0n) is 15.4. The van der Waals surface area contributed by atoms with Crippen LogP contribution in [0, 0.1) is 0 Å². The zero-order valence-corrected chi connectivity index (χ0v) is 15.4. The molecule has 1 atom stereocenters. The summed E-state index contributed by atoms with van der Waals surface area (Å²) in [5.74, 6) is 1.63. The lowest BCUT2D eigenvalue weighted by Crippen LogP contribution is -2.51. The van der Waals surface area contributed by atoms with Crippen LogP contribution in [0.5, 0.6) is 5.75 Å². The molecule has 7 nitrogen and oxygen atoms in total. The van der Waals surface area contributed by atoms with Gasteiger partial charge in [0.1, 0.15) is 17.9 Å². The lowest BCUT2D eigenvalue weighted by atomic mass is 9.89. The van der Waals surface area contributed by atoms with E-state index < -0.39 is 5.60 Å². The smallest absolute Gasteiger partial charge is 0.222 e. The summed E-state index contributed by atoms with van der Waals surface area (Å²) in [7, 11) is 3.50. The molecule has 1 aliphatic rings. The number of β-amino-alcohol motifs (C(OH)–C–C–N with tert-alkyl or cyclic N) is 1. The Balaban J connectivity index is 1.56. The summed E-state index contributed by atoms with van der Waals surface area (Å²) in [6, 6.07) is 7.76. The first-order valence-electron chi connectivity index (χ1n) is 8.95. The topological polar surface area (TPSA) is 80.5 Å². The Bertz CT molecular complexity index is 743. The second-order valence-electron chi connectivity index (χ2n) is 7.03. The third kappa shape index (κ3) is 4.40. The predicted octanol–water partition coefficient (Wildman–Crippen LogP) is 1.35. The number of hydrogen-bond donors (Lipinski definition) is 1. The van der Waals surface area contributed by atoms with Crippen LogP contribution in [0.1, 0.15) is 30.7 Å². The molecule has 140 valence electrons. The van der Waals surface area contributed by atoms with Gasteiger partial charge in [-0.2, -0.15) is 0 Å². The summed E-state index contributed by atoms with van der Waals surface area (Å²) < 4.78 is 6.96. The maximum absolute atomic E-state index is 12.6. The normalized spacial score (nSPS) is 20.2. The minimum absolute atomic E-state index is 0.0805. The number of methoxy groups -OCH3 is 1. The highest BCUT2D eigenvalue weighted by molar-refractivity contribution is 5.76. The highest BCUT2D eigenvalue weighted by Gasteiger charge is 2.36. The number of carbonyl (C=O) groups excluding carboxylic acids is 1. The number of aromatic nitrogens is 3. The van der Waals surface area contributed by atoms with E-state index in [4.69, 9.17) is 4.74 Å². The van der Waals surface area contributed by atoms with E-state index in [2.05, 4.69) is 10.2 Å². The molecule has 3 rings (SSSR count). The molecular formula is C19H26N4O3. The van der Waals surface area contributed by atoms with Crippen LogP contribution in [0.3, 0.4) is 0 Å². The summed E-state index contributed by atoms with van der Waals surface area (Å²) >= 11 is 0. The van der Waals surface area contributed by atoms with Crippen molar-refractivity contribution in [1.82, 2.24) is 19.7 Å². The number of benzene rings is 1. The summed E-state index contributed by atoms with van der Waals surface area (Å²) in [6.07, 6.45) is 4.61. The highest BCUT2D eigenvalue weighted by atomic mass is 16.5. The van der Waals surface area contributed by atoms with Crippen molar-refractivity contribution in [3.8, 4) is 5.75 Å². The van der Waals surface area contributed by atoms with E-state index in [0.29, 0.717) is 38.8 Å². The van der Waals surface area contributed by atoms with E-state index in [1.807, 2.05) is 35.9 Å². The Hall–Kier alpha value is -2.41. The monoisotopic (exact) mass is 358 g/mol. The van der Waals surface area contributed by atoms with Gasteiger partial charge in [-0.05, 0) is 37.0 Å². The van der Waals surface area contributed by atoms with Crippen LogP contribution in [-0.2, 0) is 24.7 Å². The van der Waals surface area contributed by atoms with Crippen molar-refractivity contribution >= 4 is 5.91 Å². The van der Waals surface area contributed by atoms with Gasteiger partial charge in [0.25, 0.3) is 0 Å². The van der Waals surface area contributed by atoms with Gasteiger partial charge in [-0.3, -0.25) is 4.79 Å². The number of hydrogen-bond acceptors (Lipinski definition) is 5. The van der Waals surface area contributed by atoms with Crippen LogP contribution in [0.4, 0.5) is 0 Å². The number of carbonyl (C=O) groups is 1. The summed E-state index contributed by atoms with van der Waals surface area (Å²) in [5.41, 5.74) is 0.167. The molecule has 7 heteroatoms. The molecule has 1 aromatic heterocycles. The number of nitrogens with zero attached hydrogens (tertiary/aromatic N) is 4. The average Bonchev–Trinajstić information content (AvgIpc) is 3.04. The van der Waals surface area contributed by atoms with Gasteiger partial charge in [0.05, 0.1) is 12.7 Å². The Kier molecular flexibility index (Phi) is 5.56. The molecule has 0 saturated carbocycles. The molecule has 26 heavy (non-hydrogen) atoms. The molecular weight excluding hydrogens is 332 g/mol. The Labute approximate surface area is 153 Å². The number of piperidine rings is 1. The average molecular weight is 358 g/mol. The van der Waals surface area contributed by atoms with Gasteiger partial charge in [0, 0.05) is 33.0 Å². The van der Waals surface area contributed by atoms with Crippen LogP contribution >= 0.6 is 0 Å². The SMILES string of the molecule is COc1ccc(CCC(=O)N2CCCC(O)(Cc3nncn3C)C2)cc1. The molecule has 0 radical (unpaired) electrons. The first-order chi connectivity index (χ1) is 12.5. The van der Waals surface area contributed by atoms with Gasteiger partial charge >= 0.3 is 0 Å². The van der Waals surface area contributed by atoms with Gasteiger partial charge in [-0.1, -0.05) is 12.1 Å². The van der Waals surface area contributed by atoms with Crippen LogP contribution in [0.25, 0.3) is 0 Å². The van der Waals surface area contributed by atoms with Gasteiger partial charge in [-0.15, -0.1) is 10.2 Å². The summed E-state index contributed by atoms with van der Waals surface area (Å²) in [4.78, 5) is 14.4. The minimum Gasteiger partial charge on any atom is -0.497 e. The van der Waals surface area contributed by atoms with E-state index >= 15 is 0 Å². The van der Waals surface area contributed by atoms with Gasteiger partial charge < -0.3 is 19.3 Å². The third-order valence-corrected chi connectivity index (χ3v) is 4.99. The Morgan fingerprint density at radius 3 is 2.77 bits per heavy atom. The Morgan fingerprint density at radius 1 is 1.35 bits per heavy atom. The van der Waals surface area contributed by atoms with Gasteiger partial charge in [-0.25, -0.2) is 0 Å². The maximum Gasteiger partial charge on any atom is 0.222 e. The molecule has 1 N–H and O–H groups in total. The lowest BCUT2D eigenvalue weighted by molar-refractivity contribution is -0.138. The van der Waals surface area contributed by atoms with Crippen molar-refractivity contribution in [2.75, 3.05) is 20.2 Å². The standard InChI is InChI=1S/C19H26N4O3/c1-22-14-20-21-17(22)12-19(25)10-3-11-23(13-19)18(24)9-6-15-4-7-16(26-2)8-5-15/h4-5,7-8,14,25H,3,6,9-13H2,1-2H3. The largest absolute Gasteiger partial charge is 0.497 e. The van der Waals surface area contributed by atoms with Crippen LogP contribution in [0.2, 0.25) is 0 Å². The number of ether oxygens (including phenoxy) is 1. The van der Waals surface area contributed by atoms with E-state index in [1.165, 1.54) is 0 Å². The molecule has 2 heterocycles. The third-order valence-electron chi connectivity index (χ3n) is 4.99. The summed E-state index contributed by atoms with van der Waals surface area (Å²) in [6.45, 7) is 1.05. The quantitative estimate of drug-likeness (QED) is 0.843. The Morgan fingerprint density at radius 2 is 2.12 bits per heavy atom. The number of aryl methyl sites for hydroxylation is 2. The molecule has 0 aliphatic carbocycles. The van der Waals surface area contributed by atoms with Gasteiger partial charge in [0.2, 0.25) is 5.91 Å². The fraction of sp³-hybridized carbons (Fsp3) is 0.526. The highest BCUT2D eigenvalue weighted by Crippen LogP contribution is 2.25. The van der Waals surface area contributed by atoms with Crippen molar-refractivity contribution in [2.24, 2.45) is 7.05 Å². The molecule has 1 fully saturated rings. The predicted molar refractivity (Wildman–Crippen MR) is 96.8 cm³/mol.